The van der Waals surface area contributed by atoms with Crippen LogP contribution in [-0.4, -0.2) is 55.0 Å². The van der Waals surface area contributed by atoms with Gasteiger partial charge in [-0.15, -0.1) is 0 Å². The second kappa shape index (κ2) is 11.3. The molecule has 2 aliphatic heterocycles. The van der Waals surface area contributed by atoms with Crippen LogP contribution < -0.4 is 10.6 Å². The lowest BCUT2D eigenvalue weighted by atomic mass is 9.81. The number of benzene rings is 2. The summed E-state index contributed by atoms with van der Waals surface area (Å²) in [5.41, 5.74) is 1.15. The Morgan fingerprint density at radius 2 is 1.82 bits per heavy atom. The molecule has 1 atom stereocenters. The summed E-state index contributed by atoms with van der Waals surface area (Å²) in [6.45, 7) is 11.9. The number of allylic oxidation sites excluding steroid dienone is 1. The fourth-order valence-electron chi connectivity index (χ4n) is 5.04. The van der Waals surface area contributed by atoms with Crippen molar-refractivity contribution in [1.29, 1.82) is 0 Å². The molecule has 0 saturated carbocycles. The second-order valence-corrected chi connectivity index (χ2v) is 9.72. The molecule has 2 heterocycles. The SMILES string of the molecule is [C-]#[N+]C1(c2ccc(F)cc2)CCN(CCCNC(=O)C2=C(C)N(C)C(=O)NC2c2ccc(F)c(F)c2)CC1. The first kappa shape index (κ1) is 27.2. The van der Waals surface area contributed by atoms with E-state index in [4.69, 9.17) is 6.57 Å². The Morgan fingerprint density at radius 3 is 2.45 bits per heavy atom. The van der Waals surface area contributed by atoms with Crippen molar-refractivity contribution in [2.45, 2.75) is 37.8 Å². The topological polar surface area (TPSA) is 69.0 Å². The number of amides is 3. The highest BCUT2D eigenvalue weighted by Crippen LogP contribution is 2.37. The fraction of sp³-hybridized carbons (Fsp3) is 0.393. The van der Waals surface area contributed by atoms with E-state index < -0.39 is 35.2 Å². The van der Waals surface area contributed by atoms with Gasteiger partial charge in [-0.2, -0.15) is 0 Å². The van der Waals surface area contributed by atoms with Gasteiger partial charge in [0.2, 0.25) is 0 Å². The smallest absolute Gasteiger partial charge is 0.322 e. The van der Waals surface area contributed by atoms with Crippen molar-refractivity contribution >= 4 is 11.9 Å². The van der Waals surface area contributed by atoms with Crippen molar-refractivity contribution in [2.24, 2.45) is 0 Å². The number of piperidine rings is 1. The maximum Gasteiger partial charge on any atom is 0.322 e. The van der Waals surface area contributed by atoms with Gasteiger partial charge in [0.15, 0.2) is 11.6 Å². The maximum absolute atomic E-state index is 13.9. The largest absolute Gasteiger partial charge is 0.352 e. The third-order valence-corrected chi connectivity index (χ3v) is 7.49. The van der Waals surface area contributed by atoms with Crippen LogP contribution in [0.4, 0.5) is 18.0 Å². The molecule has 2 N–H and O–H groups in total. The summed E-state index contributed by atoms with van der Waals surface area (Å²) in [5.74, 6) is -2.79. The average Bonchev–Trinajstić information content (AvgIpc) is 2.92. The maximum atomic E-state index is 13.9. The minimum absolute atomic E-state index is 0.261. The molecule has 1 fully saturated rings. The molecule has 1 unspecified atom stereocenters. The van der Waals surface area contributed by atoms with Crippen molar-refractivity contribution in [3.8, 4) is 0 Å². The van der Waals surface area contributed by atoms with Crippen molar-refractivity contribution in [1.82, 2.24) is 20.4 Å². The summed E-state index contributed by atoms with van der Waals surface area (Å²) in [6.07, 6.45) is 1.95. The summed E-state index contributed by atoms with van der Waals surface area (Å²) >= 11 is 0. The van der Waals surface area contributed by atoms with E-state index in [0.29, 0.717) is 44.6 Å². The Kier molecular flexibility index (Phi) is 8.07. The van der Waals surface area contributed by atoms with E-state index in [1.54, 1.807) is 19.1 Å². The van der Waals surface area contributed by atoms with Crippen LogP contribution in [0.1, 0.15) is 43.4 Å². The highest BCUT2D eigenvalue weighted by molar-refractivity contribution is 5.98. The Morgan fingerprint density at radius 1 is 1.13 bits per heavy atom. The van der Waals surface area contributed by atoms with E-state index >= 15 is 0 Å². The van der Waals surface area contributed by atoms with Crippen LogP contribution in [0.15, 0.2) is 53.7 Å². The zero-order valence-electron chi connectivity index (χ0n) is 21.4. The number of likely N-dealkylation sites (tertiary alicyclic amines) is 1. The lowest BCUT2D eigenvalue weighted by Gasteiger charge is -2.34. The predicted molar refractivity (Wildman–Crippen MR) is 136 cm³/mol. The van der Waals surface area contributed by atoms with Crippen molar-refractivity contribution < 1.29 is 22.8 Å². The van der Waals surface area contributed by atoms with Gasteiger partial charge >= 0.3 is 6.03 Å². The zero-order chi connectivity index (χ0) is 27.4. The Bertz CT molecular complexity index is 1280. The molecule has 2 aliphatic rings. The van der Waals surface area contributed by atoms with Gasteiger partial charge < -0.3 is 25.3 Å². The van der Waals surface area contributed by atoms with Gasteiger partial charge in [-0.3, -0.25) is 4.79 Å². The van der Waals surface area contributed by atoms with E-state index in [1.807, 2.05) is 0 Å². The van der Waals surface area contributed by atoms with E-state index in [0.717, 1.165) is 24.2 Å². The highest BCUT2D eigenvalue weighted by Gasteiger charge is 2.42. The lowest BCUT2D eigenvalue weighted by Crippen LogP contribution is -2.48. The van der Waals surface area contributed by atoms with E-state index in [9.17, 15) is 22.8 Å². The molecule has 1 saturated heterocycles. The minimum Gasteiger partial charge on any atom is -0.352 e. The summed E-state index contributed by atoms with van der Waals surface area (Å²) in [7, 11) is 1.53. The summed E-state index contributed by atoms with van der Waals surface area (Å²) < 4.78 is 40.7. The van der Waals surface area contributed by atoms with Gasteiger partial charge in [0.25, 0.3) is 11.4 Å². The predicted octanol–water partition coefficient (Wildman–Crippen LogP) is 4.49. The fourth-order valence-corrected chi connectivity index (χ4v) is 5.04. The van der Waals surface area contributed by atoms with E-state index in [-0.39, 0.29) is 17.0 Å². The molecule has 7 nitrogen and oxygen atoms in total. The molecule has 4 rings (SSSR count). The molecule has 200 valence electrons. The Balaban J connectivity index is 1.34. The zero-order valence-corrected chi connectivity index (χ0v) is 21.4. The van der Waals surface area contributed by atoms with E-state index in [2.05, 4.69) is 20.4 Å². The third-order valence-electron chi connectivity index (χ3n) is 7.49. The second-order valence-electron chi connectivity index (χ2n) is 9.72. The van der Waals surface area contributed by atoms with Crippen LogP contribution in [0.25, 0.3) is 4.85 Å². The summed E-state index contributed by atoms with van der Waals surface area (Å²) in [6, 6.07) is 8.10. The van der Waals surface area contributed by atoms with Gasteiger partial charge in [0, 0.05) is 50.8 Å². The average molecular weight is 526 g/mol. The molecule has 10 heteroatoms. The van der Waals surface area contributed by atoms with Crippen molar-refractivity contribution in [2.75, 3.05) is 33.2 Å². The molecule has 0 spiro atoms. The molecule has 0 radical (unpaired) electrons. The standard InChI is InChI=1S/C28H30F3N5O2/c1-18-24(25(34-27(38)35(18)3)19-5-10-22(30)23(31)17-19)26(37)33-13-4-14-36-15-11-28(32-2,12-16-36)20-6-8-21(29)9-7-20/h5-10,17,25H,4,11-16H2,1,3H3,(H,33,37)(H,34,38). The number of hydrogen-bond donors (Lipinski definition) is 2. The van der Waals surface area contributed by atoms with Crippen LogP contribution in [-0.2, 0) is 10.3 Å². The van der Waals surface area contributed by atoms with Crippen molar-refractivity contribution in [3.63, 3.8) is 0 Å². The van der Waals surface area contributed by atoms with Crippen LogP contribution in [0.3, 0.4) is 0 Å². The number of hydrogen-bond acceptors (Lipinski definition) is 3. The van der Waals surface area contributed by atoms with Crippen LogP contribution >= 0.6 is 0 Å². The van der Waals surface area contributed by atoms with Crippen LogP contribution in [0, 0.1) is 24.0 Å². The molecule has 38 heavy (non-hydrogen) atoms. The summed E-state index contributed by atoms with van der Waals surface area (Å²) in [4.78, 5) is 33.0. The first-order chi connectivity index (χ1) is 18.1. The van der Waals surface area contributed by atoms with E-state index in [1.165, 1.54) is 30.1 Å². The van der Waals surface area contributed by atoms with Gasteiger partial charge in [0.05, 0.1) is 11.6 Å². The number of rotatable bonds is 7. The van der Waals surface area contributed by atoms with Gasteiger partial charge in [-0.25, -0.2) is 24.5 Å². The highest BCUT2D eigenvalue weighted by atomic mass is 19.2. The molecule has 0 aromatic heterocycles. The normalized spacial score (nSPS) is 19.6. The van der Waals surface area contributed by atoms with Gasteiger partial charge in [0.1, 0.15) is 5.82 Å². The number of nitrogens with zero attached hydrogens (tertiary/aromatic N) is 3. The van der Waals surface area contributed by atoms with Gasteiger partial charge in [-0.05, 0) is 61.9 Å². The quantitative estimate of drug-likeness (QED) is 0.414. The van der Waals surface area contributed by atoms with Crippen molar-refractivity contribution in [3.05, 3.63) is 93.7 Å². The number of nitrogens with one attached hydrogen (secondary N) is 2. The first-order valence-corrected chi connectivity index (χ1v) is 12.5. The van der Waals surface area contributed by atoms with Crippen LogP contribution in [0.5, 0.6) is 0 Å². The van der Waals surface area contributed by atoms with Gasteiger partial charge in [-0.1, -0.05) is 6.07 Å². The molecule has 3 amide bonds. The third kappa shape index (κ3) is 5.53. The minimum atomic E-state index is -1.06. The number of carbonyl (C=O) groups is 2. The first-order valence-electron chi connectivity index (χ1n) is 12.5. The molecule has 2 aromatic carbocycles. The molecule has 0 aliphatic carbocycles. The monoisotopic (exact) mass is 525 g/mol. The number of carbonyl (C=O) groups excluding carboxylic acids is 2. The number of halogens is 3. The molecular weight excluding hydrogens is 495 g/mol. The Hall–Kier alpha value is -3.84. The molecular formula is C28H30F3N5O2. The Labute approximate surface area is 220 Å². The molecule has 2 aromatic rings. The molecule has 0 bridgehead atoms. The number of urea groups is 1. The van der Waals surface area contributed by atoms with Crippen LogP contribution in [0.2, 0.25) is 0 Å². The lowest BCUT2D eigenvalue weighted by molar-refractivity contribution is -0.118. The summed E-state index contributed by atoms with van der Waals surface area (Å²) in [5, 5.41) is 5.58.